The van der Waals surface area contributed by atoms with Crippen LogP contribution in [0.3, 0.4) is 0 Å². The summed E-state index contributed by atoms with van der Waals surface area (Å²) in [5, 5.41) is 3.72. The molecule has 0 aliphatic carbocycles. The van der Waals surface area contributed by atoms with Gasteiger partial charge in [-0.2, -0.15) is 0 Å². The van der Waals surface area contributed by atoms with Gasteiger partial charge >= 0.3 is 0 Å². The van der Waals surface area contributed by atoms with Crippen LogP contribution in [0.1, 0.15) is 17.5 Å². The minimum Gasteiger partial charge on any atom is -0.351 e. The summed E-state index contributed by atoms with van der Waals surface area (Å²) in [6, 6.07) is 8.16. The summed E-state index contributed by atoms with van der Waals surface area (Å²) in [4.78, 5) is 11.5. The van der Waals surface area contributed by atoms with Gasteiger partial charge in [-0.1, -0.05) is 61.7 Å². The van der Waals surface area contributed by atoms with Crippen molar-refractivity contribution in [3.63, 3.8) is 0 Å². The molecule has 0 aromatic heterocycles. The molecule has 1 amide bonds. The maximum Gasteiger partial charge on any atom is 0.234 e. The van der Waals surface area contributed by atoms with Gasteiger partial charge in [0.2, 0.25) is 5.91 Å². The Kier molecular flexibility index (Phi) is 6.06. The van der Waals surface area contributed by atoms with Gasteiger partial charge in [0, 0.05) is 11.9 Å². The summed E-state index contributed by atoms with van der Waals surface area (Å²) in [5.74, 6) is 0.0417. The second-order valence-electron chi connectivity index (χ2n) is 3.65. The van der Waals surface area contributed by atoms with Crippen LogP contribution in [0.4, 0.5) is 0 Å². The fourth-order valence-corrected chi connectivity index (χ4v) is 2.70. The molecule has 0 heterocycles. The van der Waals surface area contributed by atoms with E-state index in [9.17, 15) is 4.79 Å². The second kappa shape index (κ2) is 7.07. The SMILES string of the molecule is Cc1ccc(CNC(=O)C(Br)CCBr)cc1. The molecule has 0 aliphatic heterocycles. The molecule has 0 saturated carbocycles. The molecular formula is C12H15Br2NO. The Bertz CT molecular complexity index is 337. The smallest absolute Gasteiger partial charge is 0.234 e. The lowest BCUT2D eigenvalue weighted by molar-refractivity contribution is -0.120. The number of hydrogen-bond acceptors (Lipinski definition) is 1. The zero-order valence-corrected chi connectivity index (χ0v) is 12.3. The van der Waals surface area contributed by atoms with Crippen molar-refractivity contribution in [3.8, 4) is 0 Å². The largest absolute Gasteiger partial charge is 0.351 e. The second-order valence-corrected chi connectivity index (χ2v) is 5.55. The average Bonchev–Trinajstić information content (AvgIpc) is 2.28. The Labute approximate surface area is 113 Å². The van der Waals surface area contributed by atoms with Crippen LogP contribution in [-0.2, 0) is 11.3 Å². The van der Waals surface area contributed by atoms with Crippen LogP contribution >= 0.6 is 31.9 Å². The van der Waals surface area contributed by atoms with Gasteiger partial charge in [-0.15, -0.1) is 0 Å². The molecule has 16 heavy (non-hydrogen) atoms. The van der Waals surface area contributed by atoms with E-state index in [1.165, 1.54) is 5.56 Å². The zero-order chi connectivity index (χ0) is 12.0. The van der Waals surface area contributed by atoms with Crippen molar-refractivity contribution in [2.24, 2.45) is 0 Å². The number of nitrogens with one attached hydrogen (secondary N) is 1. The van der Waals surface area contributed by atoms with E-state index in [-0.39, 0.29) is 10.7 Å². The van der Waals surface area contributed by atoms with E-state index < -0.39 is 0 Å². The van der Waals surface area contributed by atoms with Gasteiger partial charge in [0.15, 0.2) is 0 Å². The van der Waals surface area contributed by atoms with Crippen LogP contribution in [0.5, 0.6) is 0 Å². The van der Waals surface area contributed by atoms with E-state index >= 15 is 0 Å². The lowest BCUT2D eigenvalue weighted by Crippen LogP contribution is -2.30. The standard InChI is InChI=1S/C12H15Br2NO/c1-9-2-4-10(5-3-9)8-15-12(16)11(14)6-7-13/h2-5,11H,6-8H2,1H3,(H,15,16). The molecule has 0 saturated heterocycles. The van der Waals surface area contributed by atoms with Crippen LogP contribution in [0.2, 0.25) is 0 Å². The summed E-state index contributed by atoms with van der Waals surface area (Å²) in [7, 11) is 0. The minimum atomic E-state index is -0.114. The van der Waals surface area contributed by atoms with Gasteiger partial charge in [-0.3, -0.25) is 4.79 Å². The Hall–Kier alpha value is -0.350. The predicted molar refractivity (Wildman–Crippen MR) is 74.2 cm³/mol. The molecule has 1 N–H and O–H groups in total. The molecule has 1 atom stereocenters. The lowest BCUT2D eigenvalue weighted by Gasteiger charge is -2.09. The first-order chi connectivity index (χ1) is 7.63. The van der Waals surface area contributed by atoms with Crippen LogP contribution < -0.4 is 5.32 Å². The van der Waals surface area contributed by atoms with Gasteiger partial charge in [0.1, 0.15) is 0 Å². The number of benzene rings is 1. The fraction of sp³-hybridized carbons (Fsp3) is 0.417. The minimum absolute atomic E-state index is 0.0417. The highest BCUT2D eigenvalue weighted by molar-refractivity contribution is 9.10. The first-order valence-corrected chi connectivity index (χ1v) is 7.20. The number of halogens is 2. The molecule has 2 nitrogen and oxygen atoms in total. The van der Waals surface area contributed by atoms with Crippen molar-refractivity contribution >= 4 is 37.8 Å². The van der Waals surface area contributed by atoms with Crippen molar-refractivity contribution in [1.82, 2.24) is 5.32 Å². The Morgan fingerprint density at radius 3 is 2.56 bits per heavy atom. The molecule has 4 heteroatoms. The number of carbonyl (C=O) groups excluding carboxylic acids is 1. The van der Waals surface area contributed by atoms with E-state index in [1.54, 1.807) is 0 Å². The molecule has 0 aliphatic rings. The third-order valence-corrected chi connectivity index (χ3v) is 3.57. The molecule has 0 bridgehead atoms. The molecule has 88 valence electrons. The van der Waals surface area contributed by atoms with Gasteiger partial charge in [-0.05, 0) is 18.9 Å². The Balaban J connectivity index is 2.39. The fourth-order valence-electron chi connectivity index (χ4n) is 1.23. The Morgan fingerprint density at radius 1 is 1.38 bits per heavy atom. The van der Waals surface area contributed by atoms with E-state index in [0.717, 1.165) is 17.3 Å². The van der Waals surface area contributed by atoms with E-state index in [0.29, 0.717) is 6.54 Å². The Morgan fingerprint density at radius 2 is 2.00 bits per heavy atom. The molecular weight excluding hydrogens is 334 g/mol. The number of alkyl halides is 2. The van der Waals surface area contributed by atoms with Crippen LogP contribution in [0, 0.1) is 6.92 Å². The van der Waals surface area contributed by atoms with Crippen LogP contribution in [-0.4, -0.2) is 16.1 Å². The maximum absolute atomic E-state index is 11.6. The molecule has 0 spiro atoms. The molecule has 1 rings (SSSR count). The molecule has 1 unspecified atom stereocenters. The summed E-state index contributed by atoms with van der Waals surface area (Å²) in [5.41, 5.74) is 2.35. The number of rotatable bonds is 5. The van der Waals surface area contributed by atoms with Gasteiger partial charge in [0.25, 0.3) is 0 Å². The number of carbonyl (C=O) groups is 1. The zero-order valence-electron chi connectivity index (χ0n) is 9.17. The quantitative estimate of drug-likeness (QED) is 0.813. The topological polar surface area (TPSA) is 29.1 Å². The molecule has 1 aromatic carbocycles. The third-order valence-electron chi connectivity index (χ3n) is 2.23. The third kappa shape index (κ3) is 4.66. The van der Waals surface area contributed by atoms with Crippen molar-refractivity contribution < 1.29 is 4.79 Å². The van der Waals surface area contributed by atoms with Crippen molar-refractivity contribution in [3.05, 3.63) is 35.4 Å². The monoisotopic (exact) mass is 347 g/mol. The lowest BCUT2D eigenvalue weighted by atomic mass is 10.1. The predicted octanol–water partition coefficient (Wildman–Crippen LogP) is 3.16. The summed E-state index contributed by atoms with van der Waals surface area (Å²) >= 11 is 6.66. The van der Waals surface area contributed by atoms with Gasteiger partial charge < -0.3 is 5.32 Å². The molecule has 0 fully saturated rings. The van der Waals surface area contributed by atoms with Crippen molar-refractivity contribution in [2.45, 2.75) is 24.7 Å². The van der Waals surface area contributed by atoms with E-state index in [4.69, 9.17) is 0 Å². The number of amides is 1. The number of aryl methyl sites for hydroxylation is 1. The van der Waals surface area contributed by atoms with E-state index in [1.807, 2.05) is 31.2 Å². The highest BCUT2D eigenvalue weighted by Gasteiger charge is 2.12. The van der Waals surface area contributed by atoms with Crippen molar-refractivity contribution in [1.29, 1.82) is 0 Å². The normalized spacial score (nSPS) is 12.2. The first-order valence-electron chi connectivity index (χ1n) is 5.17. The van der Waals surface area contributed by atoms with E-state index in [2.05, 4.69) is 37.2 Å². The van der Waals surface area contributed by atoms with Gasteiger partial charge in [-0.25, -0.2) is 0 Å². The maximum atomic E-state index is 11.6. The van der Waals surface area contributed by atoms with Crippen LogP contribution in [0.25, 0.3) is 0 Å². The molecule has 0 radical (unpaired) electrons. The molecule has 1 aromatic rings. The average molecular weight is 349 g/mol. The summed E-state index contributed by atoms with van der Waals surface area (Å²) < 4.78 is 0. The van der Waals surface area contributed by atoms with Crippen LogP contribution in [0.15, 0.2) is 24.3 Å². The summed E-state index contributed by atoms with van der Waals surface area (Å²) in [6.07, 6.45) is 0.791. The number of hydrogen-bond donors (Lipinski definition) is 1. The van der Waals surface area contributed by atoms with Gasteiger partial charge in [0.05, 0.1) is 4.83 Å². The highest BCUT2D eigenvalue weighted by Crippen LogP contribution is 2.08. The van der Waals surface area contributed by atoms with Crippen molar-refractivity contribution in [2.75, 3.05) is 5.33 Å². The highest BCUT2D eigenvalue weighted by atomic mass is 79.9. The summed E-state index contributed by atoms with van der Waals surface area (Å²) in [6.45, 7) is 2.64. The first kappa shape index (κ1) is 13.7.